The van der Waals surface area contributed by atoms with Crippen LogP contribution in [0.3, 0.4) is 0 Å². The van der Waals surface area contributed by atoms with Gasteiger partial charge in [0.2, 0.25) is 5.91 Å². The van der Waals surface area contributed by atoms with Gasteiger partial charge in [0.15, 0.2) is 0 Å². The van der Waals surface area contributed by atoms with Crippen molar-refractivity contribution in [3.05, 3.63) is 28.2 Å². The zero-order chi connectivity index (χ0) is 13.8. The summed E-state index contributed by atoms with van der Waals surface area (Å²) >= 11 is 3.61. The second kappa shape index (κ2) is 6.39. The van der Waals surface area contributed by atoms with E-state index in [1.807, 2.05) is 7.05 Å². The number of hydrogen-bond acceptors (Lipinski definition) is 3. The molecule has 0 saturated carbocycles. The zero-order valence-electron chi connectivity index (χ0n) is 11.4. The zero-order valence-corrected chi connectivity index (χ0v) is 13.0. The topological polar surface area (TPSA) is 44.4 Å². The van der Waals surface area contributed by atoms with Gasteiger partial charge in [0.05, 0.1) is 0 Å². The standard InChI is InChI=1S/C14H20BrN3O/c1-10(19)17-12-5-6-18(9-12)13-4-3-11(8-16-2)14(15)7-13/h3-4,7,12,16H,5-6,8-9H2,1-2H3,(H,17,19). The third-order valence-electron chi connectivity index (χ3n) is 3.36. The predicted molar refractivity (Wildman–Crippen MR) is 81.3 cm³/mol. The lowest BCUT2D eigenvalue weighted by Crippen LogP contribution is -2.35. The minimum atomic E-state index is 0.0531. The van der Waals surface area contributed by atoms with Crippen LogP contribution in [0.1, 0.15) is 18.9 Å². The van der Waals surface area contributed by atoms with E-state index in [2.05, 4.69) is 49.7 Å². The maximum absolute atomic E-state index is 11.1. The van der Waals surface area contributed by atoms with Gasteiger partial charge in [-0.05, 0) is 31.2 Å². The first-order valence-electron chi connectivity index (χ1n) is 6.55. The summed E-state index contributed by atoms with van der Waals surface area (Å²) in [7, 11) is 1.94. The first-order chi connectivity index (χ1) is 9.10. The normalized spacial score (nSPS) is 18.7. The molecule has 0 spiro atoms. The molecule has 1 aliphatic heterocycles. The van der Waals surface area contributed by atoms with E-state index in [1.54, 1.807) is 6.92 Å². The Hall–Kier alpha value is -1.07. The Morgan fingerprint density at radius 3 is 2.95 bits per heavy atom. The fourth-order valence-electron chi connectivity index (χ4n) is 2.47. The number of carbonyl (C=O) groups is 1. The summed E-state index contributed by atoms with van der Waals surface area (Å²) in [4.78, 5) is 13.4. The third-order valence-corrected chi connectivity index (χ3v) is 4.10. The number of nitrogens with one attached hydrogen (secondary N) is 2. The summed E-state index contributed by atoms with van der Waals surface area (Å²) in [5, 5.41) is 6.14. The van der Waals surface area contributed by atoms with Crippen LogP contribution in [0.25, 0.3) is 0 Å². The fraction of sp³-hybridized carbons (Fsp3) is 0.500. The Labute approximate surface area is 122 Å². The lowest BCUT2D eigenvalue weighted by molar-refractivity contribution is -0.119. The molecule has 5 heteroatoms. The second-order valence-corrected chi connectivity index (χ2v) is 5.79. The molecule has 1 heterocycles. The Bertz CT molecular complexity index is 464. The number of anilines is 1. The highest BCUT2D eigenvalue weighted by atomic mass is 79.9. The number of amides is 1. The molecule has 1 aromatic rings. The largest absolute Gasteiger partial charge is 0.369 e. The molecule has 0 radical (unpaired) electrons. The van der Waals surface area contributed by atoms with E-state index in [0.717, 1.165) is 30.5 Å². The minimum Gasteiger partial charge on any atom is -0.369 e. The highest BCUT2D eigenvalue weighted by Crippen LogP contribution is 2.26. The van der Waals surface area contributed by atoms with Crippen molar-refractivity contribution < 1.29 is 4.79 Å². The summed E-state index contributed by atoms with van der Waals surface area (Å²) in [6.45, 7) is 4.31. The molecule has 104 valence electrons. The molecule has 4 nitrogen and oxygen atoms in total. The first kappa shape index (κ1) is 14.3. The lowest BCUT2D eigenvalue weighted by atomic mass is 10.2. The van der Waals surface area contributed by atoms with Crippen LogP contribution in [0.15, 0.2) is 22.7 Å². The summed E-state index contributed by atoms with van der Waals surface area (Å²) in [6.07, 6.45) is 1.01. The minimum absolute atomic E-state index is 0.0531. The van der Waals surface area contributed by atoms with Gasteiger partial charge < -0.3 is 15.5 Å². The molecule has 0 aromatic heterocycles. The molecule has 2 rings (SSSR count). The fourth-order valence-corrected chi connectivity index (χ4v) is 2.97. The molecular weight excluding hydrogens is 306 g/mol. The quantitative estimate of drug-likeness (QED) is 0.888. The van der Waals surface area contributed by atoms with Gasteiger partial charge in [-0.15, -0.1) is 0 Å². The van der Waals surface area contributed by atoms with Crippen LogP contribution in [-0.4, -0.2) is 32.1 Å². The molecule has 0 bridgehead atoms. The van der Waals surface area contributed by atoms with Crippen molar-refractivity contribution >= 4 is 27.5 Å². The molecule has 1 fully saturated rings. The van der Waals surface area contributed by atoms with Gasteiger partial charge in [-0.1, -0.05) is 22.0 Å². The Balaban J connectivity index is 2.03. The number of nitrogens with zero attached hydrogens (tertiary/aromatic N) is 1. The van der Waals surface area contributed by atoms with E-state index < -0.39 is 0 Å². The Morgan fingerprint density at radius 2 is 2.32 bits per heavy atom. The summed E-state index contributed by atoms with van der Waals surface area (Å²) in [5.74, 6) is 0.0531. The first-order valence-corrected chi connectivity index (χ1v) is 7.34. The van der Waals surface area contributed by atoms with E-state index in [0.29, 0.717) is 0 Å². The van der Waals surface area contributed by atoms with Gasteiger partial charge in [-0.3, -0.25) is 4.79 Å². The molecule has 1 amide bonds. The molecule has 1 atom stereocenters. The second-order valence-electron chi connectivity index (χ2n) is 4.94. The summed E-state index contributed by atoms with van der Waals surface area (Å²) in [6, 6.07) is 6.71. The molecule has 1 unspecified atom stereocenters. The van der Waals surface area contributed by atoms with Gasteiger partial charge in [-0.2, -0.15) is 0 Å². The number of carbonyl (C=O) groups excluding carboxylic acids is 1. The molecule has 19 heavy (non-hydrogen) atoms. The molecule has 1 aliphatic rings. The van der Waals surface area contributed by atoms with Gasteiger partial charge in [-0.25, -0.2) is 0 Å². The highest BCUT2D eigenvalue weighted by molar-refractivity contribution is 9.10. The van der Waals surface area contributed by atoms with Gasteiger partial charge in [0, 0.05) is 42.8 Å². The molecule has 1 aromatic carbocycles. The van der Waals surface area contributed by atoms with Crippen LogP contribution in [0.4, 0.5) is 5.69 Å². The number of halogens is 1. The van der Waals surface area contributed by atoms with Crippen LogP contribution in [-0.2, 0) is 11.3 Å². The van der Waals surface area contributed by atoms with Crippen LogP contribution in [0.2, 0.25) is 0 Å². The van der Waals surface area contributed by atoms with Crippen molar-refractivity contribution in [3.63, 3.8) is 0 Å². The van der Waals surface area contributed by atoms with Crippen LogP contribution < -0.4 is 15.5 Å². The Kier molecular flexibility index (Phi) is 4.82. The summed E-state index contributed by atoms with van der Waals surface area (Å²) < 4.78 is 1.13. The predicted octanol–water partition coefficient (Wildman–Crippen LogP) is 1.88. The SMILES string of the molecule is CNCc1ccc(N2CCC(NC(C)=O)C2)cc1Br. The molecule has 0 aliphatic carbocycles. The van der Waals surface area contributed by atoms with Gasteiger partial charge in [0.25, 0.3) is 0 Å². The van der Waals surface area contributed by atoms with E-state index in [9.17, 15) is 4.79 Å². The maximum Gasteiger partial charge on any atom is 0.217 e. The smallest absolute Gasteiger partial charge is 0.217 e. The van der Waals surface area contributed by atoms with E-state index in [4.69, 9.17) is 0 Å². The van der Waals surface area contributed by atoms with E-state index in [1.165, 1.54) is 11.3 Å². The van der Waals surface area contributed by atoms with Crippen LogP contribution in [0.5, 0.6) is 0 Å². The third kappa shape index (κ3) is 3.70. The molecular formula is C14H20BrN3O. The van der Waals surface area contributed by atoms with E-state index >= 15 is 0 Å². The number of benzene rings is 1. The summed E-state index contributed by atoms with van der Waals surface area (Å²) in [5.41, 5.74) is 2.46. The van der Waals surface area contributed by atoms with Crippen LogP contribution >= 0.6 is 15.9 Å². The molecule has 2 N–H and O–H groups in total. The Morgan fingerprint density at radius 1 is 1.53 bits per heavy atom. The highest BCUT2D eigenvalue weighted by Gasteiger charge is 2.23. The van der Waals surface area contributed by atoms with Crippen molar-refractivity contribution in [2.45, 2.75) is 25.9 Å². The van der Waals surface area contributed by atoms with Gasteiger partial charge in [0.1, 0.15) is 0 Å². The van der Waals surface area contributed by atoms with Crippen LogP contribution in [0, 0.1) is 0 Å². The van der Waals surface area contributed by atoms with Crippen molar-refractivity contribution in [1.29, 1.82) is 0 Å². The monoisotopic (exact) mass is 325 g/mol. The van der Waals surface area contributed by atoms with Crippen molar-refractivity contribution in [2.24, 2.45) is 0 Å². The molecule has 1 saturated heterocycles. The lowest BCUT2D eigenvalue weighted by Gasteiger charge is -2.20. The van der Waals surface area contributed by atoms with Crippen molar-refractivity contribution in [2.75, 3.05) is 25.0 Å². The van der Waals surface area contributed by atoms with Crippen molar-refractivity contribution in [3.8, 4) is 0 Å². The average Bonchev–Trinajstić information content (AvgIpc) is 2.79. The van der Waals surface area contributed by atoms with E-state index in [-0.39, 0.29) is 11.9 Å². The van der Waals surface area contributed by atoms with Gasteiger partial charge >= 0.3 is 0 Å². The van der Waals surface area contributed by atoms with Crippen molar-refractivity contribution in [1.82, 2.24) is 10.6 Å². The number of rotatable bonds is 4. The number of hydrogen-bond donors (Lipinski definition) is 2. The maximum atomic E-state index is 11.1. The average molecular weight is 326 g/mol.